The van der Waals surface area contributed by atoms with Gasteiger partial charge in [-0.3, -0.25) is 0 Å². The van der Waals surface area contributed by atoms with E-state index in [0.29, 0.717) is 23.4 Å². The Kier molecular flexibility index (Phi) is 1.36. The van der Waals surface area contributed by atoms with Gasteiger partial charge in [-0.1, -0.05) is 18.2 Å². The van der Waals surface area contributed by atoms with Crippen molar-refractivity contribution in [2.24, 2.45) is 34.5 Å². The lowest BCUT2D eigenvalue weighted by Gasteiger charge is -2.44. The zero-order valence-electron chi connectivity index (χ0n) is 12.8. The van der Waals surface area contributed by atoms with Crippen molar-refractivity contribution >= 4 is 0 Å². The van der Waals surface area contributed by atoms with Gasteiger partial charge in [0, 0.05) is 10.8 Å². The summed E-state index contributed by atoms with van der Waals surface area (Å²) in [5.41, 5.74) is 0.690. The SMILES string of the molecule is O=c1n(-c2ccccc2)c(=O)n2n1[C@H]1[C@@H]3C4C5[C@@]16COC[C@]56[C@H]2[C@@H]43. The Morgan fingerprint density at radius 1 is 0.875 bits per heavy atom. The molecule has 1 saturated heterocycles. The molecule has 4 heterocycles. The summed E-state index contributed by atoms with van der Waals surface area (Å²) in [5.74, 6) is 2.69. The third-order valence-electron chi connectivity index (χ3n) is 8.49. The summed E-state index contributed by atoms with van der Waals surface area (Å²) in [6, 6.07) is 9.70. The second-order valence-corrected chi connectivity index (χ2v) is 8.60. The molecule has 2 aromatic rings. The molecule has 2 unspecified atom stereocenters. The maximum absolute atomic E-state index is 13.2. The number of rotatable bonds is 1. The highest BCUT2D eigenvalue weighted by Crippen LogP contribution is 3.03. The van der Waals surface area contributed by atoms with Gasteiger partial charge in [0.2, 0.25) is 0 Å². The van der Waals surface area contributed by atoms with Gasteiger partial charge in [0.1, 0.15) is 0 Å². The van der Waals surface area contributed by atoms with E-state index in [4.69, 9.17) is 4.74 Å². The van der Waals surface area contributed by atoms with Crippen LogP contribution in [0.4, 0.5) is 0 Å². The van der Waals surface area contributed by atoms with Crippen molar-refractivity contribution in [3.05, 3.63) is 51.3 Å². The predicted molar refractivity (Wildman–Crippen MR) is 82.0 cm³/mol. The van der Waals surface area contributed by atoms with E-state index in [0.717, 1.165) is 19.1 Å². The normalized spacial score (nSPS) is 52.3. The first-order valence-electron chi connectivity index (χ1n) is 8.84. The van der Waals surface area contributed by atoms with Crippen molar-refractivity contribution in [1.82, 2.24) is 13.9 Å². The zero-order valence-corrected chi connectivity index (χ0v) is 12.8. The molecule has 0 radical (unpaired) electrons. The van der Waals surface area contributed by atoms with Crippen LogP contribution in [0.5, 0.6) is 0 Å². The van der Waals surface area contributed by atoms with E-state index in [1.54, 1.807) is 0 Å². The Bertz CT molecular complexity index is 1030. The molecule has 3 aliphatic heterocycles. The Labute approximate surface area is 136 Å². The third-order valence-corrected chi connectivity index (χ3v) is 8.49. The summed E-state index contributed by atoms with van der Waals surface area (Å²) in [7, 11) is 0. The molecule has 0 N–H and O–H groups in total. The quantitative estimate of drug-likeness (QED) is 0.765. The Balaban J connectivity index is 1.49. The smallest absolute Gasteiger partial charge is 0.352 e. The van der Waals surface area contributed by atoms with E-state index in [-0.39, 0.29) is 34.3 Å². The molecule has 9 rings (SSSR count). The summed E-state index contributed by atoms with van der Waals surface area (Å²) in [6.45, 7) is 1.57. The van der Waals surface area contributed by atoms with Crippen LogP contribution in [-0.4, -0.2) is 27.1 Å². The third kappa shape index (κ3) is 0.729. The second kappa shape index (κ2) is 2.86. The molecule has 4 saturated carbocycles. The molecule has 7 aliphatic rings. The van der Waals surface area contributed by atoms with Crippen molar-refractivity contribution in [3.8, 4) is 5.69 Å². The minimum Gasteiger partial charge on any atom is -0.380 e. The van der Waals surface area contributed by atoms with Crippen LogP contribution in [0.15, 0.2) is 39.9 Å². The topological polar surface area (TPSA) is 58.2 Å². The van der Waals surface area contributed by atoms with Gasteiger partial charge in [0.15, 0.2) is 0 Å². The Hall–Kier alpha value is -2.08. The molecule has 0 amide bonds. The summed E-state index contributed by atoms with van der Waals surface area (Å²) < 4.78 is 10.9. The fourth-order valence-electron chi connectivity index (χ4n) is 8.19. The van der Waals surface area contributed by atoms with E-state index < -0.39 is 0 Å². The minimum atomic E-state index is -0.160. The van der Waals surface area contributed by atoms with E-state index in [1.165, 1.54) is 4.57 Å². The molecule has 120 valence electrons. The molecule has 1 aromatic carbocycles. The highest BCUT2D eigenvalue weighted by Gasteiger charge is 3.04. The summed E-state index contributed by atoms with van der Waals surface area (Å²) in [4.78, 5) is 26.4. The van der Waals surface area contributed by atoms with Crippen molar-refractivity contribution in [2.75, 3.05) is 13.2 Å². The van der Waals surface area contributed by atoms with Gasteiger partial charge in [-0.15, -0.1) is 0 Å². The second-order valence-electron chi connectivity index (χ2n) is 8.60. The van der Waals surface area contributed by atoms with E-state index in [2.05, 4.69) is 0 Å². The average Bonchev–Trinajstić information content (AvgIpc) is 3.19. The number of aromatic nitrogens is 3. The molecule has 4 aliphatic carbocycles. The monoisotopic (exact) mass is 321 g/mol. The number of hydrogen-bond donors (Lipinski definition) is 0. The van der Waals surface area contributed by atoms with Crippen LogP contribution < -0.4 is 11.4 Å². The van der Waals surface area contributed by atoms with Gasteiger partial charge < -0.3 is 4.74 Å². The molecule has 5 fully saturated rings. The van der Waals surface area contributed by atoms with Crippen molar-refractivity contribution < 1.29 is 4.74 Å². The standard InChI is InChI=1S/C18H15N3O3/c22-15-19(8-4-2-1-3-5-8)16(23)21-14-11-9-10(11)13(20(15)21)17-6-24-7-18(14,17)12(9)17/h1-5,9-14H,6-7H2/t9?,10-,11+,12?,13+,14-,17+,18-. The van der Waals surface area contributed by atoms with Crippen LogP contribution in [0.1, 0.15) is 12.1 Å². The molecule has 1 aromatic heterocycles. The molecule has 24 heavy (non-hydrogen) atoms. The van der Waals surface area contributed by atoms with Crippen LogP contribution in [0.3, 0.4) is 0 Å². The summed E-state index contributed by atoms with van der Waals surface area (Å²) in [6.07, 6.45) is 0. The fourth-order valence-corrected chi connectivity index (χ4v) is 8.19. The molecule has 6 heteroatoms. The first-order valence-corrected chi connectivity index (χ1v) is 8.84. The lowest BCUT2D eigenvalue weighted by Crippen LogP contribution is -2.52. The minimum absolute atomic E-state index is 0.160. The molecule has 8 atom stereocenters. The van der Waals surface area contributed by atoms with Gasteiger partial charge in [0.05, 0.1) is 31.0 Å². The van der Waals surface area contributed by atoms with Gasteiger partial charge in [0.25, 0.3) is 0 Å². The fraction of sp³-hybridized carbons (Fsp3) is 0.556. The highest BCUT2D eigenvalue weighted by molar-refractivity contribution is 5.50. The number of hydrogen-bond acceptors (Lipinski definition) is 3. The van der Waals surface area contributed by atoms with Gasteiger partial charge >= 0.3 is 11.4 Å². The Morgan fingerprint density at radius 2 is 1.46 bits per heavy atom. The molecule has 2 spiro atoms. The lowest BCUT2D eigenvalue weighted by molar-refractivity contribution is 0.0280. The maximum Gasteiger partial charge on any atom is 0.352 e. The molecule has 6 nitrogen and oxygen atoms in total. The van der Waals surface area contributed by atoms with Crippen LogP contribution in [0.25, 0.3) is 5.69 Å². The van der Waals surface area contributed by atoms with Gasteiger partial charge in [-0.25, -0.2) is 23.5 Å². The van der Waals surface area contributed by atoms with E-state index >= 15 is 0 Å². The van der Waals surface area contributed by atoms with Crippen molar-refractivity contribution in [2.45, 2.75) is 12.1 Å². The van der Waals surface area contributed by atoms with Crippen LogP contribution in [-0.2, 0) is 4.74 Å². The summed E-state index contributed by atoms with van der Waals surface area (Å²) in [5, 5.41) is 0. The number of ether oxygens (including phenoxy) is 1. The molecule has 2 bridgehead atoms. The maximum atomic E-state index is 13.2. The average molecular weight is 321 g/mol. The van der Waals surface area contributed by atoms with Gasteiger partial charge in [-0.2, -0.15) is 0 Å². The van der Waals surface area contributed by atoms with Crippen molar-refractivity contribution in [3.63, 3.8) is 0 Å². The number of para-hydroxylation sites is 1. The van der Waals surface area contributed by atoms with Crippen LogP contribution in [0.2, 0.25) is 0 Å². The van der Waals surface area contributed by atoms with Gasteiger partial charge in [-0.05, 0) is 35.8 Å². The van der Waals surface area contributed by atoms with E-state index in [9.17, 15) is 9.59 Å². The lowest BCUT2D eigenvalue weighted by atomic mass is 9.73. The highest BCUT2D eigenvalue weighted by atomic mass is 16.5. The first kappa shape index (κ1) is 11.5. The largest absolute Gasteiger partial charge is 0.380 e. The molecular formula is C18H15N3O3. The number of nitrogens with zero attached hydrogens (tertiary/aromatic N) is 3. The predicted octanol–water partition coefficient (Wildman–Crippen LogP) is 0.419. The summed E-state index contributed by atoms with van der Waals surface area (Å²) >= 11 is 0. The number of benzene rings is 1. The molecular weight excluding hydrogens is 306 g/mol. The van der Waals surface area contributed by atoms with Crippen LogP contribution >= 0.6 is 0 Å². The zero-order chi connectivity index (χ0) is 15.6. The van der Waals surface area contributed by atoms with Crippen LogP contribution in [0, 0.1) is 34.5 Å². The van der Waals surface area contributed by atoms with Crippen molar-refractivity contribution in [1.29, 1.82) is 0 Å². The van der Waals surface area contributed by atoms with E-state index in [1.807, 2.05) is 39.7 Å². The first-order chi connectivity index (χ1) is 11.7. The Morgan fingerprint density at radius 3 is 2.04 bits per heavy atom.